The number of benzene rings is 8. The van der Waals surface area contributed by atoms with Crippen molar-refractivity contribution < 1.29 is 0 Å². The molecule has 1 aliphatic heterocycles. The fourth-order valence-corrected chi connectivity index (χ4v) is 9.09. The standard InChI is InChI=1S/C55H40N4/c1-55(2)45-26-14-17-29-52(45)59(50-28-16-13-25-43(50)54-56-47(37-18-6-3-7-19-37)36-48(57-54)38-20-8-4-9-21-38)53-33-31-40(35-46(53)55)39-30-32-51-44(34-39)42-24-12-15-27-49(42)58(51)41-22-10-5-11-23-41/h3-36H,1-2H3. The highest BCUT2D eigenvalue weighted by atomic mass is 15.2. The minimum absolute atomic E-state index is 0.273. The van der Waals surface area contributed by atoms with Gasteiger partial charge in [-0.25, -0.2) is 9.97 Å². The summed E-state index contributed by atoms with van der Waals surface area (Å²) in [5.41, 5.74) is 16.4. The van der Waals surface area contributed by atoms with Crippen molar-refractivity contribution in [1.82, 2.24) is 14.5 Å². The summed E-state index contributed by atoms with van der Waals surface area (Å²) in [7, 11) is 0. The first kappa shape index (κ1) is 34.7. The van der Waals surface area contributed by atoms with E-state index in [1.807, 2.05) is 12.1 Å². The van der Waals surface area contributed by atoms with Gasteiger partial charge in [-0.2, -0.15) is 0 Å². The molecule has 0 bridgehead atoms. The molecule has 0 spiro atoms. The Kier molecular flexibility index (Phi) is 8.12. The van der Waals surface area contributed by atoms with Crippen LogP contribution in [0.3, 0.4) is 0 Å². The third kappa shape index (κ3) is 5.75. The molecule has 0 radical (unpaired) electrons. The van der Waals surface area contributed by atoms with Gasteiger partial charge in [0.15, 0.2) is 5.82 Å². The third-order valence-electron chi connectivity index (χ3n) is 12.0. The zero-order chi connectivity index (χ0) is 39.5. The first-order chi connectivity index (χ1) is 29.0. The van der Waals surface area contributed by atoms with Gasteiger partial charge in [0.1, 0.15) is 0 Å². The predicted molar refractivity (Wildman–Crippen MR) is 245 cm³/mol. The maximum atomic E-state index is 5.28. The zero-order valence-corrected chi connectivity index (χ0v) is 32.9. The molecule has 280 valence electrons. The van der Waals surface area contributed by atoms with Gasteiger partial charge in [-0.1, -0.05) is 153 Å². The summed E-state index contributed by atoms with van der Waals surface area (Å²) in [6.45, 7) is 4.71. The molecule has 59 heavy (non-hydrogen) atoms. The van der Waals surface area contributed by atoms with Crippen LogP contribution in [0.5, 0.6) is 0 Å². The van der Waals surface area contributed by atoms with Crippen molar-refractivity contribution in [2.75, 3.05) is 4.90 Å². The number of aromatic nitrogens is 3. The van der Waals surface area contributed by atoms with Gasteiger partial charge in [-0.15, -0.1) is 0 Å². The quantitative estimate of drug-likeness (QED) is 0.169. The Morgan fingerprint density at radius 2 is 0.932 bits per heavy atom. The topological polar surface area (TPSA) is 34.0 Å². The monoisotopic (exact) mass is 756 g/mol. The molecule has 4 heteroatoms. The molecule has 2 aromatic heterocycles. The fraction of sp³-hybridized carbons (Fsp3) is 0.0545. The fourth-order valence-electron chi connectivity index (χ4n) is 9.09. The number of rotatable bonds is 6. The summed E-state index contributed by atoms with van der Waals surface area (Å²) in [6, 6.07) is 73.6. The van der Waals surface area contributed by atoms with E-state index in [4.69, 9.17) is 9.97 Å². The summed E-state index contributed by atoms with van der Waals surface area (Å²) in [5.74, 6) is 0.684. The second-order valence-corrected chi connectivity index (χ2v) is 15.8. The summed E-state index contributed by atoms with van der Waals surface area (Å²) >= 11 is 0. The maximum Gasteiger partial charge on any atom is 0.162 e. The van der Waals surface area contributed by atoms with Gasteiger partial charge in [0, 0.05) is 38.6 Å². The Labute approximate surface area is 344 Å². The van der Waals surface area contributed by atoms with Crippen molar-refractivity contribution in [3.63, 3.8) is 0 Å². The van der Waals surface area contributed by atoms with Crippen LogP contribution in [-0.2, 0) is 5.41 Å². The van der Waals surface area contributed by atoms with Gasteiger partial charge in [0.2, 0.25) is 0 Å². The molecule has 0 unspecified atom stereocenters. The van der Waals surface area contributed by atoms with Crippen molar-refractivity contribution in [3.8, 4) is 50.7 Å². The van der Waals surface area contributed by atoms with E-state index < -0.39 is 0 Å². The minimum atomic E-state index is -0.273. The van der Waals surface area contributed by atoms with Gasteiger partial charge in [-0.05, 0) is 89.0 Å². The van der Waals surface area contributed by atoms with Crippen LogP contribution in [0.4, 0.5) is 17.1 Å². The molecular formula is C55H40N4. The highest BCUT2D eigenvalue weighted by molar-refractivity contribution is 6.10. The Morgan fingerprint density at radius 3 is 1.66 bits per heavy atom. The zero-order valence-electron chi connectivity index (χ0n) is 32.9. The van der Waals surface area contributed by atoms with Crippen LogP contribution in [0.2, 0.25) is 0 Å². The van der Waals surface area contributed by atoms with Gasteiger partial charge < -0.3 is 9.47 Å². The maximum absolute atomic E-state index is 5.28. The van der Waals surface area contributed by atoms with Crippen LogP contribution in [0.15, 0.2) is 206 Å². The lowest BCUT2D eigenvalue weighted by molar-refractivity contribution is 0.632. The summed E-state index contributed by atoms with van der Waals surface area (Å²) in [4.78, 5) is 13.0. The SMILES string of the molecule is CC1(C)c2ccccc2N(c2ccccc2-c2nc(-c3ccccc3)cc(-c3ccccc3)n2)c2ccc(-c3ccc4c(c3)c3ccccc3n4-c3ccccc3)cc21. The number of anilines is 3. The Balaban J connectivity index is 1.09. The van der Waals surface area contributed by atoms with Gasteiger partial charge in [0.25, 0.3) is 0 Å². The lowest BCUT2D eigenvalue weighted by Gasteiger charge is -2.42. The molecular weight excluding hydrogens is 717 g/mol. The first-order valence-corrected chi connectivity index (χ1v) is 20.3. The van der Waals surface area contributed by atoms with Crippen molar-refractivity contribution in [1.29, 1.82) is 0 Å². The number of para-hydroxylation sites is 4. The average molecular weight is 757 g/mol. The molecule has 1 aliphatic rings. The highest BCUT2D eigenvalue weighted by Gasteiger charge is 2.38. The lowest BCUT2D eigenvalue weighted by Crippen LogP contribution is -2.30. The van der Waals surface area contributed by atoms with Crippen molar-refractivity contribution >= 4 is 38.9 Å². The van der Waals surface area contributed by atoms with E-state index in [1.165, 1.54) is 44.1 Å². The Hall–Kier alpha value is -7.56. The van der Waals surface area contributed by atoms with Crippen molar-refractivity contribution in [3.05, 3.63) is 217 Å². The van der Waals surface area contributed by atoms with E-state index in [9.17, 15) is 0 Å². The van der Waals surface area contributed by atoms with Crippen LogP contribution >= 0.6 is 0 Å². The second kappa shape index (κ2) is 13.8. The van der Waals surface area contributed by atoms with E-state index in [2.05, 4.69) is 217 Å². The van der Waals surface area contributed by atoms with E-state index >= 15 is 0 Å². The molecule has 10 aromatic rings. The third-order valence-corrected chi connectivity index (χ3v) is 12.0. The molecule has 0 amide bonds. The van der Waals surface area contributed by atoms with E-state index in [0.29, 0.717) is 5.82 Å². The van der Waals surface area contributed by atoms with Gasteiger partial charge >= 0.3 is 0 Å². The molecule has 11 rings (SSSR count). The molecule has 0 aliphatic carbocycles. The minimum Gasteiger partial charge on any atom is -0.309 e. The predicted octanol–water partition coefficient (Wildman–Crippen LogP) is 14.4. The van der Waals surface area contributed by atoms with Crippen LogP contribution in [0.25, 0.3) is 72.5 Å². The molecule has 0 saturated heterocycles. The molecule has 3 heterocycles. The lowest BCUT2D eigenvalue weighted by atomic mass is 9.72. The van der Waals surface area contributed by atoms with Crippen LogP contribution in [0, 0.1) is 0 Å². The van der Waals surface area contributed by atoms with E-state index in [0.717, 1.165) is 50.8 Å². The molecule has 4 nitrogen and oxygen atoms in total. The van der Waals surface area contributed by atoms with Crippen LogP contribution < -0.4 is 4.90 Å². The van der Waals surface area contributed by atoms with Crippen molar-refractivity contribution in [2.45, 2.75) is 19.3 Å². The molecule has 8 aromatic carbocycles. The number of hydrogen-bond donors (Lipinski definition) is 0. The molecule has 0 atom stereocenters. The first-order valence-electron chi connectivity index (χ1n) is 20.3. The highest BCUT2D eigenvalue weighted by Crippen LogP contribution is 2.54. The number of fused-ring (bicyclic) bond motifs is 5. The smallest absolute Gasteiger partial charge is 0.162 e. The molecule has 0 fully saturated rings. The van der Waals surface area contributed by atoms with Crippen molar-refractivity contribution in [2.24, 2.45) is 0 Å². The Bertz CT molecular complexity index is 3130. The molecule has 0 saturated carbocycles. The summed E-state index contributed by atoms with van der Waals surface area (Å²) in [5, 5.41) is 2.49. The van der Waals surface area contributed by atoms with Crippen LogP contribution in [0.1, 0.15) is 25.0 Å². The average Bonchev–Trinajstić information content (AvgIpc) is 3.64. The summed E-state index contributed by atoms with van der Waals surface area (Å²) in [6.07, 6.45) is 0. The number of nitrogens with zero attached hydrogens (tertiary/aromatic N) is 4. The summed E-state index contributed by atoms with van der Waals surface area (Å²) < 4.78 is 2.37. The van der Waals surface area contributed by atoms with Gasteiger partial charge in [-0.3, -0.25) is 0 Å². The van der Waals surface area contributed by atoms with Gasteiger partial charge in [0.05, 0.1) is 39.5 Å². The van der Waals surface area contributed by atoms with Crippen LogP contribution in [-0.4, -0.2) is 14.5 Å². The van der Waals surface area contributed by atoms with E-state index in [1.54, 1.807) is 0 Å². The van der Waals surface area contributed by atoms with E-state index in [-0.39, 0.29) is 5.41 Å². The Morgan fingerprint density at radius 1 is 0.390 bits per heavy atom. The second-order valence-electron chi connectivity index (χ2n) is 15.8. The normalized spacial score (nSPS) is 13.0. The number of hydrogen-bond acceptors (Lipinski definition) is 3. The largest absolute Gasteiger partial charge is 0.309 e. The molecule has 0 N–H and O–H groups in total.